The van der Waals surface area contributed by atoms with E-state index < -0.39 is 11.7 Å². The van der Waals surface area contributed by atoms with E-state index in [1.165, 1.54) is 0 Å². The third kappa shape index (κ3) is 8.17. The highest BCUT2D eigenvalue weighted by Gasteiger charge is 2.23. The summed E-state index contributed by atoms with van der Waals surface area (Å²) in [7, 11) is 0. The first-order valence-corrected chi connectivity index (χ1v) is 8.75. The number of carbonyl (C=O) groups excluding carboxylic acids is 3. The lowest BCUT2D eigenvalue weighted by atomic mass is 10.0. The van der Waals surface area contributed by atoms with Gasteiger partial charge in [0.2, 0.25) is 11.8 Å². The van der Waals surface area contributed by atoms with Crippen molar-refractivity contribution in [3.05, 3.63) is 0 Å². The second-order valence-corrected chi connectivity index (χ2v) is 7.18. The van der Waals surface area contributed by atoms with Gasteiger partial charge in [-0.3, -0.25) is 9.59 Å². The normalized spacial score (nSPS) is 15.8. The number of ether oxygens (including phenoxy) is 1. The lowest BCUT2D eigenvalue weighted by Gasteiger charge is -2.32. The second-order valence-electron chi connectivity index (χ2n) is 7.18. The molecule has 138 valence electrons. The Balaban J connectivity index is 2.23. The van der Waals surface area contributed by atoms with Gasteiger partial charge in [-0.15, -0.1) is 0 Å². The molecule has 0 spiro atoms. The zero-order chi connectivity index (χ0) is 18.2. The van der Waals surface area contributed by atoms with Crippen LogP contribution in [-0.4, -0.2) is 54.1 Å². The highest BCUT2D eigenvalue weighted by atomic mass is 16.6. The summed E-state index contributed by atoms with van der Waals surface area (Å²) in [6.45, 7) is 8.61. The van der Waals surface area contributed by atoms with Gasteiger partial charge in [-0.2, -0.15) is 0 Å². The number of piperidine rings is 1. The van der Waals surface area contributed by atoms with Crippen LogP contribution in [0, 0.1) is 0 Å². The molecule has 0 saturated carbocycles. The zero-order valence-corrected chi connectivity index (χ0v) is 15.3. The highest BCUT2D eigenvalue weighted by molar-refractivity contribution is 5.82. The van der Waals surface area contributed by atoms with E-state index in [2.05, 4.69) is 17.6 Å². The standard InChI is InChI=1S/C17H31N3O4/c1-5-6-7-15(22)20-10-8-13(9-11-20)19-14(21)12-18-16(23)24-17(2,3)4/h13H,5-12H2,1-4H3,(H,18,23)(H,19,21). The van der Waals surface area contributed by atoms with Crippen molar-refractivity contribution in [3.8, 4) is 0 Å². The Kier molecular flexibility index (Phi) is 8.01. The number of nitrogens with zero attached hydrogens (tertiary/aromatic N) is 1. The van der Waals surface area contributed by atoms with Crippen LogP contribution in [0.15, 0.2) is 0 Å². The molecule has 3 amide bonds. The zero-order valence-electron chi connectivity index (χ0n) is 15.3. The molecule has 0 unspecified atom stereocenters. The summed E-state index contributed by atoms with van der Waals surface area (Å²) in [5.41, 5.74) is -0.586. The van der Waals surface area contributed by atoms with E-state index in [1.54, 1.807) is 20.8 Å². The maximum atomic E-state index is 12.0. The lowest BCUT2D eigenvalue weighted by Crippen LogP contribution is -2.49. The molecule has 7 heteroatoms. The Morgan fingerprint density at radius 3 is 2.33 bits per heavy atom. The average Bonchev–Trinajstić information content (AvgIpc) is 2.49. The van der Waals surface area contributed by atoms with Gasteiger partial charge in [0.25, 0.3) is 0 Å². The lowest BCUT2D eigenvalue weighted by molar-refractivity contribution is -0.132. The van der Waals surface area contributed by atoms with E-state index in [4.69, 9.17) is 4.74 Å². The van der Waals surface area contributed by atoms with Crippen molar-refractivity contribution in [1.82, 2.24) is 15.5 Å². The van der Waals surface area contributed by atoms with Gasteiger partial charge in [-0.1, -0.05) is 13.3 Å². The quantitative estimate of drug-likeness (QED) is 0.771. The van der Waals surface area contributed by atoms with E-state index in [0.717, 1.165) is 25.7 Å². The minimum absolute atomic E-state index is 0.0492. The third-order valence-corrected chi connectivity index (χ3v) is 3.75. The van der Waals surface area contributed by atoms with E-state index in [0.29, 0.717) is 19.5 Å². The molecular weight excluding hydrogens is 310 g/mol. The molecule has 2 N–H and O–H groups in total. The van der Waals surface area contributed by atoms with Crippen LogP contribution in [0.3, 0.4) is 0 Å². The largest absolute Gasteiger partial charge is 0.444 e. The number of nitrogens with one attached hydrogen (secondary N) is 2. The number of likely N-dealkylation sites (tertiary alicyclic amines) is 1. The van der Waals surface area contributed by atoms with E-state index in [9.17, 15) is 14.4 Å². The summed E-state index contributed by atoms with van der Waals surface area (Å²) in [5, 5.41) is 5.33. The van der Waals surface area contributed by atoms with Crippen LogP contribution in [-0.2, 0) is 14.3 Å². The second kappa shape index (κ2) is 9.49. The predicted octanol–water partition coefficient (Wildman–Crippen LogP) is 1.81. The first-order valence-electron chi connectivity index (χ1n) is 8.75. The SMILES string of the molecule is CCCCC(=O)N1CCC(NC(=O)CNC(=O)OC(C)(C)C)CC1. The monoisotopic (exact) mass is 341 g/mol. The minimum atomic E-state index is -0.603. The fraction of sp³-hybridized carbons (Fsp3) is 0.824. The molecule has 0 radical (unpaired) electrons. The molecule has 0 aliphatic carbocycles. The van der Waals surface area contributed by atoms with Crippen molar-refractivity contribution in [2.24, 2.45) is 0 Å². The molecule has 1 fully saturated rings. The Morgan fingerprint density at radius 2 is 1.79 bits per heavy atom. The maximum Gasteiger partial charge on any atom is 0.408 e. The van der Waals surface area contributed by atoms with Crippen molar-refractivity contribution in [3.63, 3.8) is 0 Å². The van der Waals surface area contributed by atoms with Gasteiger partial charge >= 0.3 is 6.09 Å². The molecule has 0 bridgehead atoms. The molecule has 1 saturated heterocycles. The number of unbranched alkanes of at least 4 members (excludes halogenated alkanes) is 1. The molecular formula is C17H31N3O4. The summed E-state index contributed by atoms with van der Waals surface area (Å²) in [5.74, 6) is -0.0372. The third-order valence-electron chi connectivity index (χ3n) is 3.75. The summed E-state index contributed by atoms with van der Waals surface area (Å²) >= 11 is 0. The Morgan fingerprint density at radius 1 is 1.17 bits per heavy atom. The molecule has 1 heterocycles. The first kappa shape index (κ1) is 20.3. The van der Waals surface area contributed by atoms with Crippen LogP contribution in [0.25, 0.3) is 0 Å². The van der Waals surface area contributed by atoms with E-state index >= 15 is 0 Å². The van der Waals surface area contributed by atoms with Crippen LogP contribution in [0.4, 0.5) is 4.79 Å². The topological polar surface area (TPSA) is 87.7 Å². The summed E-state index contributed by atoms with van der Waals surface area (Å²) in [4.78, 5) is 37.2. The fourth-order valence-corrected chi connectivity index (χ4v) is 2.50. The van der Waals surface area contributed by atoms with Crippen LogP contribution in [0.5, 0.6) is 0 Å². The molecule has 0 aromatic rings. The van der Waals surface area contributed by atoms with Crippen LogP contribution in [0.1, 0.15) is 59.8 Å². The summed E-state index contributed by atoms with van der Waals surface area (Å²) < 4.78 is 5.08. The summed E-state index contributed by atoms with van der Waals surface area (Å²) in [6.07, 6.45) is 3.43. The van der Waals surface area contributed by atoms with Crippen LogP contribution < -0.4 is 10.6 Å². The fourth-order valence-electron chi connectivity index (χ4n) is 2.50. The first-order chi connectivity index (χ1) is 11.2. The number of hydrogen-bond acceptors (Lipinski definition) is 4. The smallest absolute Gasteiger partial charge is 0.408 e. The van der Waals surface area contributed by atoms with Gasteiger partial charge in [-0.25, -0.2) is 4.79 Å². The number of carbonyl (C=O) groups is 3. The van der Waals surface area contributed by atoms with Crippen molar-refractivity contribution >= 4 is 17.9 Å². The molecule has 1 rings (SSSR count). The molecule has 7 nitrogen and oxygen atoms in total. The van der Waals surface area contributed by atoms with Crippen LogP contribution in [0.2, 0.25) is 0 Å². The molecule has 0 aromatic heterocycles. The van der Waals surface area contributed by atoms with Crippen molar-refractivity contribution < 1.29 is 19.1 Å². The van der Waals surface area contributed by atoms with Gasteiger partial charge in [0.15, 0.2) is 0 Å². The van der Waals surface area contributed by atoms with Crippen molar-refractivity contribution in [2.45, 2.75) is 71.4 Å². The van der Waals surface area contributed by atoms with Crippen LogP contribution >= 0.6 is 0 Å². The molecule has 1 aliphatic rings. The summed E-state index contributed by atoms with van der Waals surface area (Å²) in [6, 6.07) is 0.0492. The number of rotatable bonds is 6. The predicted molar refractivity (Wildman–Crippen MR) is 91.5 cm³/mol. The average molecular weight is 341 g/mol. The molecule has 0 atom stereocenters. The Bertz CT molecular complexity index is 438. The minimum Gasteiger partial charge on any atom is -0.444 e. The van der Waals surface area contributed by atoms with Gasteiger partial charge in [0.05, 0.1) is 0 Å². The van der Waals surface area contributed by atoms with Gasteiger partial charge in [0, 0.05) is 25.6 Å². The molecule has 0 aromatic carbocycles. The molecule has 24 heavy (non-hydrogen) atoms. The maximum absolute atomic E-state index is 12.0. The number of hydrogen-bond donors (Lipinski definition) is 2. The van der Waals surface area contributed by atoms with E-state index in [-0.39, 0.29) is 24.4 Å². The van der Waals surface area contributed by atoms with Gasteiger partial charge < -0.3 is 20.3 Å². The highest BCUT2D eigenvalue weighted by Crippen LogP contribution is 2.12. The molecule has 1 aliphatic heterocycles. The van der Waals surface area contributed by atoms with Gasteiger partial charge in [0.1, 0.15) is 12.1 Å². The number of amides is 3. The Labute approximate surface area is 144 Å². The van der Waals surface area contributed by atoms with Crippen molar-refractivity contribution in [2.75, 3.05) is 19.6 Å². The number of alkyl carbamates (subject to hydrolysis) is 1. The van der Waals surface area contributed by atoms with E-state index in [1.807, 2.05) is 4.90 Å². The van der Waals surface area contributed by atoms with Crippen molar-refractivity contribution in [1.29, 1.82) is 0 Å². The van der Waals surface area contributed by atoms with Gasteiger partial charge in [-0.05, 0) is 40.0 Å². The Hall–Kier alpha value is -1.79.